The van der Waals surface area contributed by atoms with Crippen LogP contribution in [0.15, 0.2) is 50.2 Å². The number of fused-ring (bicyclic) bond motifs is 1. The van der Waals surface area contributed by atoms with E-state index in [0.29, 0.717) is 12.1 Å². The average molecular weight is 314 g/mol. The van der Waals surface area contributed by atoms with Gasteiger partial charge in [0.1, 0.15) is 23.6 Å². The van der Waals surface area contributed by atoms with Gasteiger partial charge in [-0.25, -0.2) is 4.79 Å². The first-order chi connectivity index (χ1) is 11.2. The third kappa shape index (κ3) is 3.46. The third-order valence-electron chi connectivity index (χ3n) is 3.95. The molecule has 0 aliphatic carbocycles. The minimum absolute atomic E-state index is 0.169. The van der Waals surface area contributed by atoms with Crippen molar-refractivity contribution in [2.75, 3.05) is 6.54 Å². The maximum absolute atomic E-state index is 11.7. The molecule has 5 nitrogen and oxygen atoms in total. The molecular formula is C18H20NO4+. The van der Waals surface area contributed by atoms with Gasteiger partial charge < -0.3 is 19.3 Å². The summed E-state index contributed by atoms with van der Waals surface area (Å²) in [6.45, 7) is 3.53. The number of rotatable bonds is 6. The van der Waals surface area contributed by atoms with E-state index in [9.17, 15) is 9.90 Å². The Balaban J connectivity index is 1.80. The first-order valence-corrected chi connectivity index (χ1v) is 7.80. The lowest BCUT2D eigenvalue weighted by Crippen LogP contribution is -2.83. The van der Waals surface area contributed by atoms with E-state index in [1.54, 1.807) is 6.26 Å². The van der Waals surface area contributed by atoms with Gasteiger partial charge >= 0.3 is 5.63 Å². The van der Waals surface area contributed by atoms with Crippen molar-refractivity contribution in [1.82, 2.24) is 0 Å². The maximum atomic E-state index is 11.7. The smallest absolute Gasteiger partial charge is 0.336 e. The van der Waals surface area contributed by atoms with E-state index in [-0.39, 0.29) is 5.75 Å². The number of hydrogen-bond donors (Lipinski definition) is 2. The van der Waals surface area contributed by atoms with E-state index >= 15 is 0 Å². The number of benzene rings is 1. The number of hydrogen-bond acceptors (Lipinski definition) is 4. The van der Waals surface area contributed by atoms with Crippen LogP contribution in [0.5, 0.6) is 5.75 Å². The summed E-state index contributed by atoms with van der Waals surface area (Å²) in [6, 6.07) is 8.80. The van der Waals surface area contributed by atoms with Gasteiger partial charge in [-0.3, -0.25) is 0 Å². The largest absolute Gasteiger partial charge is 0.508 e. The van der Waals surface area contributed by atoms with Crippen LogP contribution in [-0.4, -0.2) is 11.7 Å². The molecule has 2 heterocycles. The van der Waals surface area contributed by atoms with Gasteiger partial charge in [0.2, 0.25) is 0 Å². The van der Waals surface area contributed by atoms with Crippen molar-refractivity contribution in [3.05, 3.63) is 63.9 Å². The van der Waals surface area contributed by atoms with Gasteiger partial charge in [-0.1, -0.05) is 6.92 Å². The molecule has 0 amide bonds. The molecule has 0 atom stereocenters. The normalized spacial score (nSPS) is 11.2. The highest BCUT2D eigenvalue weighted by Crippen LogP contribution is 2.26. The highest BCUT2D eigenvalue weighted by molar-refractivity contribution is 5.82. The molecule has 1 aromatic carbocycles. The minimum atomic E-state index is -0.393. The van der Waals surface area contributed by atoms with E-state index in [4.69, 9.17) is 8.83 Å². The second-order valence-electron chi connectivity index (χ2n) is 5.53. The molecule has 0 fully saturated rings. The second-order valence-corrected chi connectivity index (χ2v) is 5.53. The van der Waals surface area contributed by atoms with Crippen molar-refractivity contribution in [1.29, 1.82) is 0 Å². The van der Waals surface area contributed by atoms with Gasteiger partial charge in [0.05, 0.1) is 19.2 Å². The summed E-state index contributed by atoms with van der Waals surface area (Å²) >= 11 is 0. The Hall–Kier alpha value is -2.53. The molecule has 0 aliphatic heterocycles. The van der Waals surface area contributed by atoms with Crippen LogP contribution in [0.2, 0.25) is 0 Å². The molecule has 0 bridgehead atoms. The molecule has 0 aliphatic rings. The number of furan rings is 1. The molecule has 5 heteroatoms. The molecular weight excluding hydrogens is 294 g/mol. The first-order valence-electron chi connectivity index (χ1n) is 7.80. The van der Waals surface area contributed by atoms with Crippen molar-refractivity contribution in [3.63, 3.8) is 0 Å². The van der Waals surface area contributed by atoms with Crippen molar-refractivity contribution in [2.45, 2.75) is 26.3 Å². The molecule has 2 aromatic heterocycles. The number of aromatic hydroxyl groups is 1. The number of phenols is 1. The van der Waals surface area contributed by atoms with E-state index < -0.39 is 5.63 Å². The third-order valence-corrected chi connectivity index (χ3v) is 3.95. The molecule has 0 unspecified atom stereocenters. The highest BCUT2D eigenvalue weighted by Gasteiger charge is 2.11. The van der Waals surface area contributed by atoms with Crippen LogP contribution in [0.25, 0.3) is 11.0 Å². The zero-order valence-corrected chi connectivity index (χ0v) is 13.0. The molecule has 0 radical (unpaired) electrons. The van der Waals surface area contributed by atoms with Crippen LogP contribution < -0.4 is 10.9 Å². The zero-order chi connectivity index (χ0) is 16.2. The second kappa shape index (κ2) is 6.71. The average Bonchev–Trinajstić information content (AvgIpc) is 3.04. The Morgan fingerprint density at radius 3 is 2.83 bits per heavy atom. The lowest BCUT2D eigenvalue weighted by molar-refractivity contribution is -0.670. The van der Waals surface area contributed by atoms with Gasteiger partial charge in [0.15, 0.2) is 0 Å². The molecule has 3 rings (SSSR count). The lowest BCUT2D eigenvalue weighted by Gasteiger charge is -2.08. The van der Waals surface area contributed by atoms with E-state index in [1.165, 1.54) is 12.1 Å². The topological polar surface area (TPSA) is 80.2 Å². The predicted octanol–water partition coefficient (Wildman–Crippen LogP) is 1.96. The molecule has 23 heavy (non-hydrogen) atoms. The van der Waals surface area contributed by atoms with Gasteiger partial charge in [0, 0.05) is 23.1 Å². The van der Waals surface area contributed by atoms with Crippen LogP contribution in [0.3, 0.4) is 0 Å². The molecule has 3 aromatic rings. The van der Waals surface area contributed by atoms with Gasteiger partial charge in [-0.05, 0) is 30.2 Å². The van der Waals surface area contributed by atoms with Crippen LogP contribution in [0.1, 0.15) is 23.8 Å². The quantitative estimate of drug-likeness (QED) is 0.538. The number of quaternary nitrogens is 1. The summed E-state index contributed by atoms with van der Waals surface area (Å²) in [5, 5.41) is 12.9. The fourth-order valence-corrected chi connectivity index (χ4v) is 2.72. The number of phenolic OH excluding ortho intramolecular Hbond substituents is 1. The number of nitrogens with two attached hydrogens (primary N) is 1. The van der Waals surface area contributed by atoms with Crippen molar-refractivity contribution < 1.29 is 19.3 Å². The Morgan fingerprint density at radius 1 is 1.22 bits per heavy atom. The van der Waals surface area contributed by atoms with Gasteiger partial charge in [-0.2, -0.15) is 0 Å². The fraction of sp³-hybridized carbons (Fsp3) is 0.278. The Bertz CT molecular complexity index is 849. The SMILES string of the molecule is CCc1cc2c(C[NH2+]CCc3ccco3)cc(=O)oc2cc1O. The number of aryl methyl sites for hydroxylation is 1. The monoisotopic (exact) mass is 314 g/mol. The lowest BCUT2D eigenvalue weighted by atomic mass is 10.0. The van der Waals surface area contributed by atoms with E-state index in [2.05, 4.69) is 5.32 Å². The summed E-state index contributed by atoms with van der Waals surface area (Å²) in [5.74, 6) is 1.12. The van der Waals surface area contributed by atoms with E-state index in [1.807, 2.05) is 25.1 Å². The Labute approximate surface area is 133 Å². The highest BCUT2D eigenvalue weighted by atomic mass is 16.4. The molecule has 0 saturated carbocycles. The van der Waals surface area contributed by atoms with Crippen LogP contribution >= 0.6 is 0 Å². The minimum Gasteiger partial charge on any atom is -0.508 e. The maximum Gasteiger partial charge on any atom is 0.336 e. The summed E-state index contributed by atoms with van der Waals surface area (Å²) in [6.07, 6.45) is 3.24. The van der Waals surface area contributed by atoms with Crippen LogP contribution in [0.4, 0.5) is 0 Å². The summed E-state index contributed by atoms with van der Waals surface area (Å²) in [5.41, 5.74) is 1.81. The predicted molar refractivity (Wildman–Crippen MR) is 86.4 cm³/mol. The van der Waals surface area contributed by atoms with Crippen LogP contribution in [0, 0.1) is 0 Å². The van der Waals surface area contributed by atoms with Crippen molar-refractivity contribution >= 4 is 11.0 Å². The van der Waals surface area contributed by atoms with E-state index in [0.717, 1.165) is 41.7 Å². The summed E-state index contributed by atoms with van der Waals surface area (Å²) in [7, 11) is 0. The molecule has 0 saturated heterocycles. The standard InChI is InChI=1S/C18H19NO4/c1-2-12-8-15-13(9-18(21)23-17(15)10-16(12)20)11-19-6-5-14-4-3-7-22-14/h3-4,7-10,19-20H,2,5-6,11H2,1H3/p+1. The first kappa shape index (κ1) is 15.4. The van der Waals surface area contributed by atoms with Gasteiger partial charge in [0.25, 0.3) is 0 Å². The molecule has 120 valence electrons. The Kier molecular flexibility index (Phi) is 4.48. The zero-order valence-electron chi connectivity index (χ0n) is 13.0. The van der Waals surface area contributed by atoms with Gasteiger partial charge in [-0.15, -0.1) is 0 Å². The fourth-order valence-electron chi connectivity index (χ4n) is 2.72. The Morgan fingerprint density at radius 2 is 2.09 bits per heavy atom. The summed E-state index contributed by atoms with van der Waals surface area (Å²) < 4.78 is 10.5. The molecule has 3 N–H and O–H groups in total. The van der Waals surface area contributed by atoms with Crippen molar-refractivity contribution in [2.24, 2.45) is 0 Å². The van der Waals surface area contributed by atoms with Crippen LogP contribution in [-0.2, 0) is 19.4 Å². The van der Waals surface area contributed by atoms with Crippen molar-refractivity contribution in [3.8, 4) is 5.75 Å². The molecule has 0 spiro atoms. The summed E-state index contributed by atoms with van der Waals surface area (Å²) in [4.78, 5) is 11.7.